The molecule has 0 aliphatic rings. The number of nitrogens with zero attached hydrogens (tertiary/aromatic N) is 2. The molecule has 0 saturated carbocycles. The Kier molecular flexibility index (Phi) is 9.05. The molecule has 1 aromatic rings. The molecule has 1 N–H and O–H groups in total. The molecule has 1 heterocycles. The van der Waals surface area contributed by atoms with Crippen molar-refractivity contribution in [2.24, 2.45) is 4.99 Å². The monoisotopic (exact) mass is 323 g/mol. The number of amides is 1. The fourth-order valence-corrected chi connectivity index (χ4v) is 2.22. The maximum atomic E-state index is 12.0. The molecular weight excluding hydrogens is 294 g/mol. The van der Waals surface area contributed by atoms with E-state index in [0.29, 0.717) is 6.61 Å². The Labute approximate surface area is 138 Å². The minimum absolute atomic E-state index is 0.0870. The first-order valence-electron chi connectivity index (χ1n) is 8.38. The van der Waals surface area contributed by atoms with Crippen molar-refractivity contribution in [2.45, 2.75) is 46.6 Å². The number of nitrogens with one attached hydrogen (secondary N) is 1. The van der Waals surface area contributed by atoms with Crippen LogP contribution in [0.5, 0.6) is 0 Å². The van der Waals surface area contributed by atoms with Gasteiger partial charge in [-0.05, 0) is 58.5 Å². The second-order valence-electron chi connectivity index (χ2n) is 5.32. The number of aliphatic imine (C=N–C) groups is 1. The number of rotatable bonds is 9. The predicted molar refractivity (Wildman–Crippen MR) is 91.7 cm³/mol. The Morgan fingerprint density at radius 1 is 1.39 bits per heavy atom. The second kappa shape index (κ2) is 10.8. The molecule has 0 aliphatic heterocycles. The zero-order valence-corrected chi connectivity index (χ0v) is 14.7. The van der Waals surface area contributed by atoms with Crippen LogP contribution < -0.4 is 5.32 Å². The van der Waals surface area contributed by atoms with Gasteiger partial charge in [0, 0.05) is 0 Å². The first-order chi connectivity index (χ1) is 11.1. The predicted octanol–water partition coefficient (Wildman–Crippen LogP) is 2.91. The Morgan fingerprint density at radius 3 is 2.70 bits per heavy atom. The van der Waals surface area contributed by atoms with Crippen LogP contribution in [0.15, 0.2) is 27.8 Å². The van der Waals surface area contributed by atoms with E-state index in [1.54, 1.807) is 12.1 Å². The summed E-state index contributed by atoms with van der Waals surface area (Å²) in [7, 11) is 0. The summed E-state index contributed by atoms with van der Waals surface area (Å²) in [6.07, 6.45) is 3.48. The number of hydrogen-bond donors (Lipinski definition) is 1. The van der Waals surface area contributed by atoms with Gasteiger partial charge in [-0.2, -0.15) is 0 Å². The smallest absolute Gasteiger partial charge is 0.294 e. The average Bonchev–Trinajstić information content (AvgIpc) is 3.06. The molecule has 0 unspecified atom stereocenters. The highest BCUT2D eigenvalue weighted by Crippen LogP contribution is 2.05. The van der Waals surface area contributed by atoms with Crippen molar-refractivity contribution in [1.82, 2.24) is 10.2 Å². The molecule has 0 fully saturated rings. The standard InChI is InChI=1S/C17H29N3O3/c1-5-20(6-2)12-8-10-14(4)18-17(22-7-3)19-16(21)15-11-9-13-23-15/h9,11,13-14H,5-8,10,12H2,1-4H3,(H,18,19,21)/t14-/m1/s1. The van der Waals surface area contributed by atoms with Crippen molar-refractivity contribution in [3.8, 4) is 0 Å². The Hall–Kier alpha value is -1.82. The van der Waals surface area contributed by atoms with Crippen LogP contribution in [0, 0.1) is 0 Å². The summed E-state index contributed by atoms with van der Waals surface area (Å²) in [4.78, 5) is 18.8. The van der Waals surface area contributed by atoms with Gasteiger partial charge in [0.15, 0.2) is 5.76 Å². The molecular formula is C17H29N3O3. The molecule has 0 aromatic carbocycles. The van der Waals surface area contributed by atoms with E-state index in [1.165, 1.54) is 6.26 Å². The van der Waals surface area contributed by atoms with Crippen LogP contribution >= 0.6 is 0 Å². The first-order valence-corrected chi connectivity index (χ1v) is 8.38. The summed E-state index contributed by atoms with van der Waals surface area (Å²) in [5.74, 6) is -0.107. The van der Waals surface area contributed by atoms with Crippen molar-refractivity contribution >= 4 is 11.9 Å². The largest absolute Gasteiger partial charge is 0.465 e. The van der Waals surface area contributed by atoms with E-state index in [1.807, 2.05) is 13.8 Å². The molecule has 6 nitrogen and oxygen atoms in total. The maximum absolute atomic E-state index is 12.0. The van der Waals surface area contributed by atoms with Gasteiger partial charge in [-0.3, -0.25) is 10.1 Å². The van der Waals surface area contributed by atoms with Crippen LogP contribution in [0.3, 0.4) is 0 Å². The summed E-state index contributed by atoms with van der Waals surface area (Å²) in [5, 5.41) is 2.66. The van der Waals surface area contributed by atoms with Gasteiger partial charge >= 0.3 is 0 Å². The van der Waals surface area contributed by atoms with E-state index < -0.39 is 0 Å². The maximum Gasteiger partial charge on any atom is 0.294 e. The third-order valence-electron chi connectivity index (χ3n) is 3.57. The van der Waals surface area contributed by atoms with Gasteiger partial charge < -0.3 is 14.1 Å². The van der Waals surface area contributed by atoms with Crippen molar-refractivity contribution in [2.75, 3.05) is 26.2 Å². The molecule has 0 spiro atoms. The van der Waals surface area contributed by atoms with Crippen LogP contribution in [-0.4, -0.2) is 49.1 Å². The fourth-order valence-electron chi connectivity index (χ4n) is 2.22. The normalized spacial score (nSPS) is 13.2. The van der Waals surface area contributed by atoms with Crippen molar-refractivity contribution in [1.29, 1.82) is 0 Å². The quantitative estimate of drug-likeness (QED) is 0.560. The van der Waals surface area contributed by atoms with Gasteiger partial charge in [0.2, 0.25) is 0 Å². The summed E-state index contributed by atoms with van der Waals surface area (Å²) in [6, 6.07) is 3.61. The molecule has 130 valence electrons. The first kappa shape index (κ1) is 19.2. The van der Waals surface area contributed by atoms with E-state index in [4.69, 9.17) is 9.15 Å². The lowest BCUT2D eigenvalue weighted by molar-refractivity contribution is 0.0938. The van der Waals surface area contributed by atoms with E-state index in [-0.39, 0.29) is 23.7 Å². The van der Waals surface area contributed by atoms with Crippen molar-refractivity contribution in [3.63, 3.8) is 0 Å². The van der Waals surface area contributed by atoms with Crippen LogP contribution in [0.25, 0.3) is 0 Å². The van der Waals surface area contributed by atoms with Crippen LogP contribution in [0.2, 0.25) is 0 Å². The van der Waals surface area contributed by atoms with Crippen LogP contribution in [0.1, 0.15) is 51.1 Å². The molecule has 0 radical (unpaired) electrons. The zero-order chi connectivity index (χ0) is 17.1. The van der Waals surface area contributed by atoms with Crippen molar-refractivity contribution < 1.29 is 13.9 Å². The minimum Gasteiger partial charge on any atom is -0.465 e. The molecule has 6 heteroatoms. The SMILES string of the molecule is CCOC(=N[C@H](C)CCCN(CC)CC)NC(=O)c1ccco1. The topological polar surface area (TPSA) is 67.1 Å². The average molecular weight is 323 g/mol. The Bertz CT molecular complexity index is 467. The van der Waals surface area contributed by atoms with Crippen molar-refractivity contribution in [3.05, 3.63) is 24.2 Å². The molecule has 0 bridgehead atoms. The lowest BCUT2D eigenvalue weighted by atomic mass is 10.2. The van der Waals surface area contributed by atoms with Gasteiger partial charge in [0.1, 0.15) is 0 Å². The molecule has 1 amide bonds. The summed E-state index contributed by atoms with van der Waals surface area (Å²) in [6.45, 7) is 11.9. The number of ether oxygens (including phenoxy) is 1. The molecule has 1 rings (SSSR count). The second-order valence-corrected chi connectivity index (χ2v) is 5.32. The summed E-state index contributed by atoms with van der Waals surface area (Å²) >= 11 is 0. The highest BCUT2D eigenvalue weighted by Gasteiger charge is 2.13. The molecule has 0 aliphatic carbocycles. The van der Waals surface area contributed by atoms with E-state index in [2.05, 4.69) is 29.1 Å². The molecule has 0 saturated heterocycles. The highest BCUT2D eigenvalue weighted by atomic mass is 16.5. The van der Waals surface area contributed by atoms with Gasteiger partial charge in [0.05, 0.1) is 18.9 Å². The van der Waals surface area contributed by atoms with Crippen LogP contribution in [0.4, 0.5) is 0 Å². The van der Waals surface area contributed by atoms with Gasteiger partial charge in [-0.25, -0.2) is 4.99 Å². The number of hydrogen-bond acceptors (Lipinski definition) is 5. The van der Waals surface area contributed by atoms with Gasteiger partial charge in [-0.1, -0.05) is 13.8 Å². The number of amidine groups is 1. The van der Waals surface area contributed by atoms with Gasteiger partial charge in [-0.15, -0.1) is 0 Å². The number of carbonyl (C=O) groups is 1. The minimum atomic E-state index is -0.349. The third-order valence-corrected chi connectivity index (χ3v) is 3.57. The third kappa shape index (κ3) is 7.32. The van der Waals surface area contributed by atoms with E-state index >= 15 is 0 Å². The number of carbonyl (C=O) groups excluding carboxylic acids is 1. The fraction of sp³-hybridized carbons (Fsp3) is 0.647. The number of furan rings is 1. The Balaban J connectivity index is 2.50. The lowest BCUT2D eigenvalue weighted by Gasteiger charge is -2.18. The molecule has 23 heavy (non-hydrogen) atoms. The molecule has 1 aromatic heterocycles. The van der Waals surface area contributed by atoms with E-state index in [9.17, 15) is 4.79 Å². The summed E-state index contributed by atoms with van der Waals surface area (Å²) in [5.41, 5.74) is 0. The molecule has 1 atom stereocenters. The van der Waals surface area contributed by atoms with Crippen LogP contribution in [-0.2, 0) is 4.74 Å². The van der Waals surface area contributed by atoms with Gasteiger partial charge in [0.25, 0.3) is 11.9 Å². The highest BCUT2D eigenvalue weighted by molar-refractivity contribution is 6.02. The zero-order valence-electron chi connectivity index (χ0n) is 14.7. The lowest BCUT2D eigenvalue weighted by Crippen LogP contribution is -2.33. The Morgan fingerprint density at radius 2 is 2.13 bits per heavy atom. The van der Waals surface area contributed by atoms with E-state index in [0.717, 1.165) is 32.5 Å². The summed E-state index contributed by atoms with van der Waals surface area (Å²) < 4.78 is 10.5.